The van der Waals surface area contributed by atoms with Gasteiger partial charge in [-0.15, -0.1) is 35.3 Å². The third kappa shape index (κ3) is 6.93. The summed E-state index contributed by atoms with van der Waals surface area (Å²) in [5.41, 5.74) is 1.09. The first-order valence-corrected chi connectivity index (χ1v) is 9.26. The largest absolute Gasteiger partial charge is 0.357 e. The fourth-order valence-corrected chi connectivity index (χ4v) is 3.32. The monoisotopic (exact) mass is 476 g/mol. The molecule has 0 spiro atoms. The van der Waals surface area contributed by atoms with Gasteiger partial charge < -0.3 is 15.2 Å². The van der Waals surface area contributed by atoms with Crippen molar-refractivity contribution in [2.24, 2.45) is 10.9 Å². The van der Waals surface area contributed by atoms with E-state index in [2.05, 4.69) is 50.9 Å². The summed E-state index contributed by atoms with van der Waals surface area (Å²) in [5, 5.41) is 7.77. The Balaban J connectivity index is 0.00000312. The molecule has 0 aromatic carbocycles. The second kappa shape index (κ2) is 10.7. The molecule has 0 aliphatic carbocycles. The zero-order chi connectivity index (χ0) is 17.5. The number of nitrogens with zero attached hydrogens (tertiary/aromatic N) is 4. The number of guanidine groups is 1. The Labute approximate surface area is 171 Å². The van der Waals surface area contributed by atoms with Crippen molar-refractivity contribution in [3.05, 3.63) is 33.8 Å². The second-order valence-electron chi connectivity index (χ2n) is 6.18. The minimum Gasteiger partial charge on any atom is -0.357 e. The van der Waals surface area contributed by atoms with Crippen molar-refractivity contribution in [1.82, 2.24) is 25.2 Å². The van der Waals surface area contributed by atoms with Crippen molar-refractivity contribution in [3.8, 4) is 0 Å². The van der Waals surface area contributed by atoms with Crippen LogP contribution in [0.25, 0.3) is 0 Å². The summed E-state index contributed by atoms with van der Waals surface area (Å²) in [6, 6.07) is 0. The van der Waals surface area contributed by atoms with Crippen LogP contribution in [0.15, 0.2) is 17.4 Å². The van der Waals surface area contributed by atoms with Gasteiger partial charge in [0.1, 0.15) is 12.4 Å². The Kier molecular flexibility index (Phi) is 9.41. The first-order chi connectivity index (χ1) is 11.5. The highest BCUT2D eigenvalue weighted by Crippen LogP contribution is 2.16. The van der Waals surface area contributed by atoms with Gasteiger partial charge in [0, 0.05) is 30.4 Å². The summed E-state index contributed by atoms with van der Waals surface area (Å²) < 4.78 is 2.18. The van der Waals surface area contributed by atoms with Crippen LogP contribution in [-0.2, 0) is 19.6 Å². The van der Waals surface area contributed by atoms with Crippen LogP contribution in [-0.4, -0.2) is 27.0 Å². The number of hydrogen-bond acceptors (Lipinski definition) is 4. The quantitative estimate of drug-likeness (QED) is 0.365. The lowest BCUT2D eigenvalue weighted by Crippen LogP contribution is -2.36. The highest BCUT2D eigenvalue weighted by Gasteiger charge is 2.07. The van der Waals surface area contributed by atoms with E-state index in [9.17, 15) is 0 Å². The van der Waals surface area contributed by atoms with Crippen molar-refractivity contribution in [2.45, 2.75) is 54.3 Å². The van der Waals surface area contributed by atoms with E-state index in [4.69, 9.17) is 0 Å². The molecule has 0 fully saturated rings. The number of nitrogens with one attached hydrogen (secondary N) is 2. The molecule has 0 amide bonds. The van der Waals surface area contributed by atoms with Crippen molar-refractivity contribution in [1.29, 1.82) is 0 Å². The molecule has 6 nitrogen and oxygen atoms in total. The molecule has 2 rings (SSSR count). The molecule has 0 unspecified atom stereocenters. The number of aromatic nitrogens is 3. The van der Waals surface area contributed by atoms with Gasteiger partial charge in [-0.25, -0.2) is 15.0 Å². The maximum atomic E-state index is 4.67. The van der Waals surface area contributed by atoms with E-state index in [0.717, 1.165) is 42.1 Å². The van der Waals surface area contributed by atoms with Crippen molar-refractivity contribution >= 4 is 41.3 Å². The molecule has 0 saturated carbocycles. The maximum absolute atomic E-state index is 4.67. The number of aryl methyl sites for hydroxylation is 2. The summed E-state index contributed by atoms with van der Waals surface area (Å²) >= 11 is 1.73. The first kappa shape index (κ1) is 21.9. The average Bonchev–Trinajstić information content (AvgIpc) is 3.07. The van der Waals surface area contributed by atoms with Crippen LogP contribution in [0.3, 0.4) is 0 Å². The molecule has 8 heteroatoms. The van der Waals surface area contributed by atoms with Crippen LogP contribution in [0.2, 0.25) is 0 Å². The molecule has 0 bridgehead atoms. The van der Waals surface area contributed by atoms with E-state index < -0.39 is 0 Å². The molecule has 2 aromatic rings. The van der Waals surface area contributed by atoms with Crippen LogP contribution in [0.5, 0.6) is 0 Å². The Morgan fingerprint density at radius 1 is 1.32 bits per heavy atom. The summed E-state index contributed by atoms with van der Waals surface area (Å²) in [4.78, 5) is 14.8. The zero-order valence-electron chi connectivity index (χ0n) is 15.7. The number of halogens is 1. The molecule has 0 atom stereocenters. The van der Waals surface area contributed by atoms with Crippen LogP contribution in [0.1, 0.15) is 42.2 Å². The standard InChI is InChI=1S/C17H28N6S.HI/c1-6-18-17(20-9-15-13(4)22-14(5)24-15)21-10-16-19-7-8-23(16)11-12(2)3;/h7-8,12H,6,9-11H2,1-5H3,(H2,18,20,21);1H. The van der Waals surface area contributed by atoms with Gasteiger partial charge in [0.25, 0.3) is 0 Å². The summed E-state index contributed by atoms with van der Waals surface area (Å²) in [6.07, 6.45) is 3.87. The second-order valence-corrected chi connectivity index (χ2v) is 7.47. The Morgan fingerprint density at radius 3 is 2.68 bits per heavy atom. The van der Waals surface area contributed by atoms with Crippen LogP contribution in [0, 0.1) is 19.8 Å². The lowest BCUT2D eigenvalue weighted by atomic mass is 10.2. The minimum atomic E-state index is 0. The summed E-state index contributed by atoms with van der Waals surface area (Å²) in [7, 11) is 0. The van der Waals surface area contributed by atoms with Crippen molar-refractivity contribution < 1.29 is 0 Å². The average molecular weight is 476 g/mol. The van der Waals surface area contributed by atoms with Crippen LogP contribution >= 0.6 is 35.3 Å². The molecular weight excluding hydrogens is 447 g/mol. The molecule has 25 heavy (non-hydrogen) atoms. The fraction of sp³-hybridized carbons (Fsp3) is 0.588. The predicted molar refractivity (Wildman–Crippen MR) is 116 cm³/mol. The Hall–Kier alpha value is -1.16. The molecule has 2 aromatic heterocycles. The molecule has 140 valence electrons. The Bertz CT molecular complexity index is 676. The van der Waals surface area contributed by atoms with Gasteiger partial charge in [-0.3, -0.25) is 0 Å². The van der Waals surface area contributed by atoms with Crippen LogP contribution < -0.4 is 10.6 Å². The number of imidazole rings is 1. The molecule has 0 aliphatic rings. The van der Waals surface area contributed by atoms with Gasteiger partial charge in [-0.1, -0.05) is 13.8 Å². The van der Waals surface area contributed by atoms with E-state index >= 15 is 0 Å². The van der Waals surface area contributed by atoms with Gasteiger partial charge in [0.2, 0.25) is 0 Å². The highest BCUT2D eigenvalue weighted by atomic mass is 127. The van der Waals surface area contributed by atoms with Gasteiger partial charge in [0.05, 0.1) is 17.2 Å². The fourth-order valence-electron chi connectivity index (χ4n) is 2.44. The summed E-state index contributed by atoms with van der Waals surface area (Å²) in [6.45, 7) is 13.7. The molecule has 2 N–H and O–H groups in total. The molecular formula is C17H29IN6S. The smallest absolute Gasteiger partial charge is 0.191 e. The van der Waals surface area contributed by atoms with Crippen molar-refractivity contribution in [3.63, 3.8) is 0 Å². The third-order valence-corrected chi connectivity index (χ3v) is 4.58. The normalized spacial score (nSPS) is 11.5. The van der Waals surface area contributed by atoms with Crippen molar-refractivity contribution in [2.75, 3.05) is 6.54 Å². The SMILES string of the molecule is CCNC(=NCc1nccn1CC(C)C)NCc1sc(C)nc1C.I. The number of hydrogen-bond donors (Lipinski definition) is 2. The zero-order valence-corrected chi connectivity index (χ0v) is 18.8. The Morgan fingerprint density at radius 2 is 2.08 bits per heavy atom. The van der Waals surface area contributed by atoms with E-state index in [1.54, 1.807) is 11.3 Å². The first-order valence-electron chi connectivity index (χ1n) is 8.44. The molecule has 0 aliphatic heterocycles. The lowest BCUT2D eigenvalue weighted by Gasteiger charge is -2.12. The molecule has 2 heterocycles. The third-order valence-electron chi connectivity index (χ3n) is 3.50. The molecule has 0 saturated heterocycles. The number of rotatable bonds is 7. The van der Waals surface area contributed by atoms with E-state index in [-0.39, 0.29) is 24.0 Å². The number of thiazole rings is 1. The predicted octanol–water partition coefficient (Wildman–Crippen LogP) is 3.49. The maximum Gasteiger partial charge on any atom is 0.191 e. The summed E-state index contributed by atoms with van der Waals surface area (Å²) in [5.74, 6) is 2.39. The van der Waals surface area contributed by atoms with Gasteiger partial charge >= 0.3 is 0 Å². The lowest BCUT2D eigenvalue weighted by molar-refractivity contribution is 0.507. The topological polar surface area (TPSA) is 67.1 Å². The van der Waals surface area contributed by atoms with E-state index in [1.165, 1.54) is 4.88 Å². The van der Waals surface area contributed by atoms with Crippen LogP contribution in [0.4, 0.5) is 0 Å². The highest BCUT2D eigenvalue weighted by molar-refractivity contribution is 14.0. The number of aliphatic imine (C=N–C) groups is 1. The van der Waals surface area contributed by atoms with E-state index in [0.29, 0.717) is 12.5 Å². The molecule has 0 radical (unpaired) electrons. The van der Waals surface area contributed by atoms with Gasteiger partial charge in [-0.05, 0) is 26.7 Å². The van der Waals surface area contributed by atoms with E-state index in [1.807, 2.05) is 26.2 Å². The van der Waals surface area contributed by atoms with Gasteiger partial charge in [0.15, 0.2) is 5.96 Å². The minimum absolute atomic E-state index is 0. The van der Waals surface area contributed by atoms with Gasteiger partial charge in [-0.2, -0.15) is 0 Å².